The molecule has 0 amide bonds. The maximum atomic E-state index is 9.17. The van der Waals surface area contributed by atoms with Crippen LogP contribution in [0.1, 0.15) is 12.8 Å². The van der Waals surface area contributed by atoms with Crippen molar-refractivity contribution in [2.24, 2.45) is 0 Å². The van der Waals surface area contributed by atoms with Crippen LogP contribution in [0.4, 0.5) is 5.13 Å². The first-order valence-corrected chi connectivity index (χ1v) is 5.74. The molecule has 1 N–H and O–H groups in total. The molecule has 2 atom stereocenters. The molecule has 5 heteroatoms. The van der Waals surface area contributed by atoms with Gasteiger partial charge in [0.1, 0.15) is 0 Å². The highest BCUT2D eigenvalue weighted by Crippen LogP contribution is 2.32. The molecule has 4 nitrogen and oxygen atoms in total. The van der Waals surface area contributed by atoms with E-state index in [1.165, 1.54) is 24.2 Å². The lowest BCUT2D eigenvalue weighted by Gasteiger charge is -2.31. The monoisotopic (exact) mass is 212 g/mol. The van der Waals surface area contributed by atoms with Crippen LogP contribution in [0.2, 0.25) is 0 Å². The maximum absolute atomic E-state index is 9.17. The topological polar surface area (TPSA) is 45.6 Å². The molecule has 3 rings (SSSR count). The average Bonchev–Trinajstić information content (AvgIpc) is 2.73. The van der Waals surface area contributed by atoms with Crippen molar-refractivity contribution in [1.29, 1.82) is 0 Å². The molecule has 0 radical (unpaired) electrons. The summed E-state index contributed by atoms with van der Waals surface area (Å²) >= 11 is 1.50. The minimum Gasteiger partial charge on any atom is -0.493 e. The zero-order chi connectivity index (χ0) is 9.54. The lowest BCUT2D eigenvalue weighted by atomic mass is 10.2. The molecule has 2 fully saturated rings. The van der Waals surface area contributed by atoms with Gasteiger partial charge < -0.3 is 14.7 Å². The second-order valence-electron chi connectivity index (χ2n) is 3.85. The van der Waals surface area contributed by atoms with Crippen LogP contribution < -0.4 is 4.90 Å². The summed E-state index contributed by atoms with van der Waals surface area (Å²) in [4.78, 5) is 6.29. The van der Waals surface area contributed by atoms with Gasteiger partial charge in [-0.2, -0.15) is 4.98 Å². The van der Waals surface area contributed by atoms with Crippen LogP contribution in [0.5, 0.6) is 5.88 Å². The number of hydrogen-bond acceptors (Lipinski definition) is 5. The van der Waals surface area contributed by atoms with E-state index in [0.717, 1.165) is 18.2 Å². The second kappa shape index (κ2) is 3.10. The molecule has 0 aliphatic carbocycles. The molecule has 2 saturated heterocycles. The quantitative estimate of drug-likeness (QED) is 0.760. The molecule has 2 bridgehead atoms. The molecule has 0 saturated carbocycles. The lowest BCUT2D eigenvalue weighted by Crippen LogP contribution is -2.42. The Bertz CT molecular complexity index is 329. The van der Waals surface area contributed by atoms with Gasteiger partial charge in [-0.3, -0.25) is 0 Å². The Morgan fingerprint density at radius 2 is 2.14 bits per heavy atom. The number of fused-ring (bicyclic) bond motifs is 2. The number of rotatable bonds is 1. The van der Waals surface area contributed by atoms with Gasteiger partial charge in [0.15, 0.2) is 5.13 Å². The molecule has 1 aromatic heterocycles. The highest BCUT2D eigenvalue weighted by atomic mass is 32.1. The average molecular weight is 212 g/mol. The van der Waals surface area contributed by atoms with E-state index in [4.69, 9.17) is 4.74 Å². The molecule has 0 spiro atoms. The zero-order valence-electron chi connectivity index (χ0n) is 7.72. The minimum absolute atomic E-state index is 0.129. The van der Waals surface area contributed by atoms with Gasteiger partial charge in [-0.25, -0.2) is 0 Å². The van der Waals surface area contributed by atoms with Crippen molar-refractivity contribution in [3.05, 3.63) is 5.38 Å². The highest BCUT2D eigenvalue weighted by Gasteiger charge is 2.34. The van der Waals surface area contributed by atoms with Gasteiger partial charge in [-0.1, -0.05) is 0 Å². The third-order valence-corrected chi connectivity index (χ3v) is 3.68. The Labute approximate surface area is 86.1 Å². The molecular formula is C9H12N2O2S. The molecule has 2 aliphatic rings. The van der Waals surface area contributed by atoms with Crippen LogP contribution in [0.3, 0.4) is 0 Å². The number of anilines is 1. The van der Waals surface area contributed by atoms with Gasteiger partial charge in [0, 0.05) is 13.1 Å². The van der Waals surface area contributed by atoms with Crippen LogP contribution in [0.15, 0.2) is 5.38 Å². The van der Waals surface area contributed by atoms with Crippen molar-refractivity contribution in [3.8, 4) is 5.88 Å². The van der Waals surface area contributed by atoms with E-state index < -0.39 is 0 Å². The zero-order valence-corrected chi connectivity index (χ0v) is 8.54. The SMILES string of the molecule is Oc1csc(N2CC3CCC(C2)O3)n1. The Morgan fingerprint density at radius 3 is 2.71 bits per heavy atom. The Morgan fingerprint density at radius 1 is 1.43 bits per heavy atom. The second-order valence-corrected chi connectivity index (χ2v) is 4.69. The fraction of sp³-hybridized carbons (Fsp3) is 0.667. The van der Waals surface area contributed by atoms with Crippen molar-refractivity contribution in [3.63, 3.8) is 0 Å². The van der Waals surface area contributed by atoms with Gasteiger partial charge in [0.05, 0.1) is 17.6 Å². The number of aromatic nitrogens is 1. The molecule has 76 valence electrons. The van der Waals surface area contributed by atoms with Gasteiger partial charge in [0.2, 0.25) is 5.88 Å². The lowest BCUT2D eigenvalue weighted by molar-refractivity contribution is 0.0304. The molecule has 2 unspecified atom stereocenters. The molecule has 0 aromatic carbocycles. The summed E-state index contributed by atoms with van der Waals surface area (Å²) in [5.41, 5.74) is 0. The number of thiazole rings is 1. The Kier molecular flexibility index (Phi) is 1.88. The van der Waals surface area contributed by atoms with Gasteiger partial charge in [-0.15, -0.1) is 11.3 Å². The van der Waals surface area contributed by atoms with Gasteiger partial charge in [0.25, 0.3) is 0 Å². The molecule has 1 aromatic rings. The van der Waals surface area contributed by atoms with Crippen molar-refractivity contribution >= 4 is 16.5 Å². The van der Waals surface area contributed by atoms with Crippen molar-refractivity contribution in [1.82, 2.24) is 4.98 Å². The van der Waals surface area contributed by atoms with E-state index in [2.05, 4.69) is 9.88 Å². The van der Waals surface area contributed by atoms with Crippen molar-refractivity contribution < 1.29 is 9.84 Å². The standard InChI is InChI=1S/C9H12N2O2S/c12-8-5-14-9(10-8)11-3-6-1-2-7(4-11)13-6/h5-7,12H,1-4H2. The minimum atomic E-state index is 0.129. The van der Waals surface area contributed by atoms with Crippen LogP contribution >= 0.6 is 11.3 Å². The van der Waals surface area contributed by atoms with Crippen LogP contribution in [-0.4, -0.2) is 35.4 Å². The third kappa shape index (κ3) is 1.36. The fourth-order valence-electron chi connectivity index (χ4n) is 2.17. The summed E-state index contributed by atoms with van der Waals surface area (Å²) < 4.78 is 5.73. The number of hydrogen-bond donors (Lipinski definition) is 1. The molecule has 2 aliphatic heterocycles. The molecule has 14 heavy (non-hydrogen) atoms. The van der Waals surface area contributed by atoms with Crippen molar-refractivity contribution in [2.45, 2.75) is 25.0 Å². The molecule has 3 heterocycles. The van der Waals surface area contributed by atoms with Crippen molar-refractivity contribution in [2.75, 3.05) is 18.0 Å². The van der Waals surface area contributed by atoms with E-state index in [9.17, 15) is 5.11 Å². The van der Waals surface area contributed by atoms with E-state index in [-0.39, 0.29) is 5.88 Å². The first kappa shape index (κ1) is 8.49. The first-order valence-electron chi connectivity index (χ1n) is 4.86. The van der Waals surface area contributed by atoms with E-state index in [1.54, 1.807) is 5.38 Å². The van der Waals surface area contributed by atoms with Crippen LogP contribution in [-0.2, 0) is 4.74 Å². The number of morpholine rings is 1. The summed E-state index contributed by atoms with van der Waals surface area (Å²) in [7, 11) is 0. The smallest absolute Gasteiger partial charge is 0.223 e. The number of aromatic hydroxyl groups is 1. The predicted octanol–water partition coefficient (Wildman–Crippen LogP) is 1.22. The van der Waals surface area contributed by atoms with Gasteiger partial charge >= 0.3 is 0 Å². The normalized spacial score (nSPS) is 31.0. The maximum Gasteiger partial charge on any atom is 0.223 e. The summed E-state index contributed by atoms with van der Waals surface area (Å²) in [5, 5.41) is 11.8. The summed E-state index contributed by atoms with van der Waals surface area (Å²) in [6.07, 6.45) is 3.08. The van der Waals surface area contributed by atoms with Gasteiger partial charge in [-0.05, 0) is 12.8 Å². The van der Waals surface area contributed by atoms with Crippen LogP contribution in [0.25, 0.3) is 0 Å². The third-order valence-electron chi connectivity index (χ3n) is 2.79. The number of ether oxygens (including phenoxy) is 1. The Balaban J connectivity index is 1.80. The fourth-order valence-corrected chi connectivity index (χ4v) is 2.88. The number of nitrogens with zero attached hydrogens (tertiary/aromatic N) is 2. The molecular weight excluding hydrogens is 200 g/mol. The highest BCUT2D eigenvalue weighted by molar-refractivity contribution is 7.13. The summed E-state index contributed by atoms with van der Waals surface area (Å²) in [5.74, 6) is 0.129. The largest absolute Gasteiger partial charge is 0.493 e. The Hall–Kier alpha value is -0.810. The summed E-state index contributed by atoms with van der Waals surface area (Å²) in [6.45, 7) is 1.84. The predicted molar refractivity (Wildman–Crippen MR) is 53.9 cm³/mol. The summed E-state index contributed by atoms with van der Waals surface area (Å²) in [6, 6.07) is 0. The van der Waals surface area contributed by atoms with Crippen LogP contribution in [0, 0.1) is 0 Å². The first-order chi connectivity index (χ1) is 6.81. The van der Waals surface area contributed by atoms with E-state index in [0.29, 0.717) is 12.2 Å². The van der Waals surface area contributed by atoms with E-state index in [1.807, 2.05) is 0 Å². The van der Waals surface area contributed by atoms with E-state index >= 15 is 0 Å².